The Bertz CT molecular complexity index is 390. The number of hydrogen-bond donors (Lipinski definition) is 0. The molecule has 0 saturated heterocycles. The number of carbonyl (C=O) groups excluding carboxylic acids is 1. The van der Waals surface area contributed by atoms with Crippen molar-refractivity contribution < 1.29 is 4.79 Å². The predicted molar refractivity (Wildman–Crippen MR) is 77.1 cm³/mol. The van der Waals surface area contributed by atoms with Crippen molar-refractivity contribution in [2.45, 2.75) is 39.7 Å². The minimum atomic E-state index is 0.181. The molecule has 0 aliphatic carbocycles. The Morgan fingerprint density at radius 2 is 2.11 bits per heavy atom. The van der Waals surface area contributed by atoms with Gasteiger partial charge in [-0.1, -0.05) is 29.8 Å². The summed E-state index contributed by atoms with van der Waals surface area (Å²) < 4.78 is 0. The molecule has 0 aliphatic rings. The second kappa shape index (κ2) is 7.42. The molecule has 2 nitrogen and oxygen atoms in total. The van der Waals surface area contributed by atoms with Crippen molar-refractivity contribution in [2.75, 3.05) is 12.4 Å². The standard InChI is InChI=1S/C15H22ClNO/c1-12(2)17(9-5-8-16)15(18)11-14-7-4-6-13(3)10-14/h4,6-7,10,12H,5,8-9,11H2,1-3H3. The highest BCUT2D eigenvalue weighted by atomic mass is 35.5. The molecule has 0 radical (unpaired) electrons. The summed E-state index contributed by atoms with van der Waals surface area (Å²) in [6.45, 7) is 6.87. The van der Waals surface area contributed by atoms with Crippen molar-refractivity contribution in [2.24, 2.45) is 0 Å². The van der Waals surface area contributed by atoms with Crippen LogP contribution < -0.4 is 0 Å². The highest BCUT2D eigenvalue weighted by Gasteiger charge is 2.16. The number of carbonyl (C=O) groups is 1. The van der Waals surface area contributed by atoms with Gasteiger partial charge in [0.1, 0.15) is 0 Å². The highest BCUT2D eigenvalue weighted by Crippen LogP contribution is 2.09. The monoisotopic (exact) mass is 267 g/mol. The first kappa shape index (κ1) is 15.0. The zero-order valence-electron chi connectivity index (χ0n) is 11.4. The Labute approximate surface area is 115 Å². The average Bonchev–Trinajstić information content (AvgIpc) is 2.29. The first-order valence-corrected chi connectivity index (χ1v) is 6.99. The van der Waals surface area contributed by atoms with E-state index in [1.165, 1.54) is 5.56 Å². The van der Waals surface area contributed by atoms with E-state index >= 15 is 0 Å². The van der Waals surface area contributed by atoms with Gasteiger partial charge in [-0.2, -0.15) is 0 Å². The van der Waals surface area contributed by atoms with Crippen LogP contribution in [0.25, 0.3) is 0 Å². The fraction of sp³-hybridized carbons (Fsp3) is 0.533. The molecular formula is C15H22ClNO. The van der Waals surface area contributed by atoms with Crippen LogP contribution in [0.1, 0.15) is 31.4 Å². The number of nitrogens with zero attached hydrogens (tertiary/aromatic N) is 1. The SMILES string of the molecule is Cc1cccc(CC(=O)N(CCCCl)C(C)C)c1. The maximum atomic E-state index is 12.3. The molecule has 1 aromatic rings. The van der Waals surface area contributed by atoms with E-state index in [0.29, 0.717) is 12.3 Å². The lowest BCUT2D eigenvalue weighted by Crippen LogP contribution is -2.38. The molecule has 0 bridgehead atoms. The first-order valence-electron chi connectivity index (χ1n) is 6.45. The van der Waals surface area contributed by atoms with E-state index in [-0.39, 0.29) is 11.9 Å². The van der Waals surface area contributed by atoms with E-state index in [2.05, 4.69) is 6.07 Å². The van der Waals surface area contributed by atoms with E-state index in [4.69, 9.17) is 11.6 Å². The van der Waals surface area contributed by atoms with Gasteiger partial charge in [0.2, 0.25) is 5.91 Å². The number of hydrogen-bond acceptors (Lipinski definition) is 1. The lowest BCUT2D eigenvalue weighted by atomic mass is 10.1. The summed E-state index contributed by atoms with van der Waals surface area (Å²) in [6.07, 6.45) is 1.32. The molecule has 3 heteroatoms. The van der Waals surface area contributed by atoms with Crippen molar-refractivity contribution >= 4 is 17.5 Å². The lowest BCUT2D eigenvalue weighted by Gasteiger charge is -2.26. The molecule has 0 N–H and O–H groups in total. The Balaban J connectivity index is 2.66. The van der Waals surface area contributed by atoms with Crippen molar-refractivity contribution in [1.82, 2.24) is 4.90 Å². The van der Waals surface area contributed by atoms with E-state index in [0.717, 1.165) is 18.5 Å². The molecule has 0 atom stereocenters. The number of alkyl halides is 1. The Hall–Kier alpha value is -1.02. The Morgan fingerprint density at radius 1 is 1.39 bits per heavy atom. The van der Waals surface area contributed by atoms with Crippen LogP contribution in [-0.4, -0.2) is 29.3 Å². The van der Waals surface area contributed by atoms with Crippen LogP contribution in [-0.2, 0) is 11.2 Å². The molecule has 100 valence electrons. The third-order valence-electron chi connectivity index (χ3n) is 2.91. The molecule has 1 rings (SSSR count). The largest absolute Gasteiger partial charge is 0.340 e. The Morgan fingerprint density at radius 3 is 2.67 bits per heavy atom. The van der Waals surface area contributed by atoms with Gasteiger partial charge < -0.3 is 4.90 Å². The van der Waals surface area contributed by atoms with E-state index in [9.17, 15) is 4.79 Å². The maximum Gasteiger partial charge on any atom is 0.227 e. The van der Waals surface area contributed by atoms with Crippen LogP contribution in [0.2, 0.25) is 0 Å². The topological polar surface area (TPSA) is 20.3 Å². The summed E-state index contributed by atoms with van der Waals surface area (Å²) in [4.78, 5) is 14.2. The van der Waals surface area contributed by atoms with E-state index in [1.54, 1.807) is 0 Å². The van der Waals surface area contributed by atoms with Gasteiger partial charge in [-0.05, 0) is 32.8 Å². The second-order valence-corrected chi connectivity index (χ2v) is 5.27. The van der Waals surface area contributed by atoms with E-state index < -0.39 is 0 Å². The number of amides is 1. The molecule has 0 saturated carbocycles. The molecule has 0 fully saturated rings. The van der Waals surface area contributed by atoms with Crippen LogP contribution in [0, 0.1) is 6.92 Å². The normalized spacial score (nSPS) is 10.7. The van der Waals surface area contributed by atoms with Crippen LogP contribution in [0.3, 0.4) is 0 Å². The number of rotatable bonds is 6. The van der Waals surface area contributed by atoms with Crippen molar-refractivity contribution in [3.63, 3.8) is 0 Å². The number of halogens is 1. The summed E-state index contributed by atoms with van der Waals surface area (Å²) in [6, 6.07) is 8.34. The summed E-state index contributed by atoms with van der Waals surface area (Å²) in [5.41, 5.74) is 2.27. The molecular weight excluding hydrogens is 246 g/mol. The fourth-order valence-corrected chi connectivity index (χ4v) is 2.12. The third-order valence-corrected chi connectivity index (χ3v) is 3.18. The molecule has 0 unspecified atom stereocenters. The van der Waals surface area contributed by atoms with Gasteiger partial charge in [0.05, 0.1) is 6.42 Å². The summed E-state index contributed by atoms with van der Waals surface area (Å²) in [7, 11) is 0. The Kier molecular flexibility index (Phi) is 6.20. The fourth-order valence-electron chi connectivity index (χ4n) is 2.00. The molecule has 0 aliphatic heterocycles. The van der Waals surface area contributed by atoms with Gasteiger partial charge in [0.15, 0.2) is 0 Å². The lowest BCUT2D eigenvalue weighted by molar-refractivity contribution is -0.132. The van der Waals surface area contributed by atoms with Gasteiger partial charge in [-0.25, -0.2) is 0 Å². The summed E-state index contributed by atoms with van der Waals surface area (Å²) in [5, 5.41) is 0. The van der Waals surface area contributed by atoms with Crippen molar-refractivity contribution in [1.29, 1.82) is 0 Å². The third kappa shape index (κ3) is 4.69. The first-order chi connectivity index (χ1) is 8.54. The number of aryl methyl sites for hydroxylation is 1. The summed E-state index contributed by atoms with van der Waals surface area (Å²) >= 11 is 5.70. The average molecular weight is 268 g/mol. The van der Waals surface area contributed by atoms with Gasteiger partial charge >= 0.3 is 0 Å². The molecule has 18 heavy (non-hydrogen) atoms. The van der Waals surface area contributed by atoms with Crippen molar-refractivity contribution in [3.8, 4) is 0 Å². The minimum Gasteiger partial charge on any atom is -0.340 e. The zero-order chi connectivity index (χ0) is 13.5. The summed E-state index contributed by atoms with van der Waals surface area (Å²) in [5.74, 6) is 0.779. The van der Waals surface area contributed by atoms with Crippen LogP contribution in [0.4, 0.5) is 0 Å². The zero-order valence-corrected chi connectivity index (χ0v) is 12.2. The second-order valence-electron chi connectivity index (χ2n) is 4.89. The van der Waals surface area contributed by atoms with Gasteiger partial charge in [-0.15, -0.1) is 11.6 Å². The molecule has 0 aromatic heterocycles. The van der Waals surface area contributed by atoms with E-state index in [1.807, 2.05) is 43.9 Å². The molecule has 1 aromatic carbocycles. The molecule has 0 spiro atoms. The quantitative estimate of drug-likeness (QED) is 0.724. The van der Waals surface area contributed by atoms with Gasteiger partial charge in [0, 0.05) is 18.5 Å². The number of benzene rings is 1. The predicted octanol–water partition coefficient (Wildman–Crippen LogP) is 3.40. The van der Waals surface area contributed by atoms with Crippen LogP contribution in [0.15, 0.2) is 24.3 Å². The van der Waals surface area contributed by atoms with Crippen molar-refractivity contribution in [3.05, 3.63) is 35.4 Å². The smallest absolute Gasteiger partial charge is 0.227 e. The maximum absolute atomic E-state index is 12.3. The van der Waals surface area contributed by atoms with Crippen LogP contribution in [0.5, 0.6) is 0 Å². The highest BCUT2D eigenvalue weighted by molar-refractivity contribution is 6.17. The van der Waals surface area contributed by atoms with Crippen LogP contribution >= 0.6 is 11.6 Å². The molecule has 1 amide bonds. The van der Waals surface area contributed by atoms with Gasteiger partial charge in [0.25, 0.3) is 0 Å². The molecule has 0 heterocycles. The van der Waals surface area contributed by atoms with Gasteiger partial charge in [-0.3, -0.25) is 4.79 Å². The minimum absolute atomic E-state index is 0.181.